The first kappa shape index (κ1) is 17.9. The number of carbonyl (C=O) groups is 1. The number of ether oxygens (including phenoxy) is 1. The molecule has 0 saturated heterocycles. The van der Waals surface area contributed by atoms with Gasteiger partial charge >= 0.3 is 6.03 Å². The van der Waals surface area contributed by atoms with E-state index in [0.717, 1.165) is 16.3 Å². The zero-order valence-electron chi connectivity index (χ0n) is 13.7. The highest BCUT2D eigenvalue weighted by atomic mass is 32.1. The molecule has 7 heteroatoms. The summed E-state index contributed by atoms with van der Waals surface area (Å²) in [6.07, 6.45) is 0.636. The van der Waals surface area contributed by atoms with Crippen molar-refractivity contribution >= 4 is 17.4 Å². The van der Waals surface area contributed by atoms with Crippen LogP contribution < -0.4 is 10.6 Å². The highest BCUT2D eigenvalue weighted by Gasteiger charge is 2.09. The number of carbonyl (C=O) groups excluding carboxylic acids is 1. The maximum absolute atomic E-state index is 11.8. The quantitative estimate of drug-likeness (QED) is 0.808. The number of thiazole rings is 1. The highest BCUT2D eigenvalue weighted by Crippen LogP contribution is 2.20. The Morgan fingerprint density at radius 2 is 2.29 bits per heavy atom. The molecular formula is C17H20N4O2S. The van der Waals surface area contributed by atoms with Crippen molar-refractivity contribution in [1.29, 1.82) is 5.26 Å². The van der Waals surface area contributed by atoms with Gasteiger partial charge in [0.05, 0.1) is 23.9 Å². The Morgan fingerprint density at radius 1 is 1.46 bits per heavy atom. The average molecular weight is 344 g/mol. The van der Waals surface area contributed by atoms with Crippen LogP contribution in [0.25, 0.3) is 0 Å². The van der Waals surface area contributed by atoms with Crippen molar-refractivity contribution in [3.05, 3.63) is 51.5 Å². The lowest BCUT2D eigenvalue weighted by molar-refractivity contribution is 0.119. The second-order valence-electron chi connectivity index (χ2n) is 5.23. The molecule has 2 N–H and O–H groups in total. The molecule has 1 heterocycles. The van der Waals surface area contributed by atoms with Crippen LogP contribution in [0.5, 0.6) is 0 Å². The smallest absolute Gasteiger partial charge is 0.315 e. The lowest BCUT2D eigenvalue weighted by Gasteiger charge is -2.07. The van der Waals surface area contributed by atoms with Gasteiger partial charge in [-0.05, 0) is 31.0 Å². The molecule has 0 saturated carbocycles. The van der Waals surface area contributed by atoms with Gasteiger partial charge in [0.1, 0.15) is 11.1 Å². The van der Waals surface area contributed by atoms with E-state index < -0.39 is 0 Å². The summed E-state index contributed by atoms with van der Waals surface area (Å²) in [6.45, 7) is 2.82. The lowest BCUT2D eigenvalue weighted by Crippen LogP contribution is -2.36. The number of urea groups is 1. The van der Waals surface area contributed by atoms with Crippen molar-refractivity contribution in [2.45, 2.75) is 26.0 Å². The standard InChI is InChI=1S/C17H20N4O2S/c1-12(23-2)16-21-15(11-24-16)10-20-17(22)19-7-6-13-4-3-5-14(8-13)9-18/h3-5,8,11-12H,6-7,10H2,1-2H3,(H2,19,20,22)/t12-/m1/s1. The van der Waals surface area contributed by atoms with E-state index in [-0.39, 0.29) is 12.1 Å². The van der Waals surface area contributed by atoms with Crippen LogP contribution in [0.1, 0.15) is 34.9 Å². The van der Waals surface area contributed by atoms with Gasteiger partial charge < -0.3 is 15.4 Å². The summed E-state index contributed by atoms with van der Waals surface area (Å²) in [6, 6.07) is 9.24. The van der Waals surface area contributed by atoms with Gasteiger partial charge in [0, 0.05) is 19.0 Å². The normalized spacial score (nSPS) is 11.5. The van der Waals surface area contributed by atoms with Crippen LogP contribution in [0.4, 0.5) is 4.79 Å². The number of methoxy groups -OCH3 is 1. The van der Waals surface area contributed by atoms with Crippen molar-refractivity contribution in [3.8, 4) is 6.07 Å². The molecule has 6 nitrogen and oxygen atoms in total. The zero-order valence-corrected chi connectivity index (χ0v) is 14.5. The lowest BCUT2D eigenvalue weighted by atomic mass is 10.1. The van der Waals surface area contributed by atoms with Crippen LogP contribution >= 0.6 is 11.3 Å². The fourth-order valence-corrected chi connectivity index (χ4v) is 2.89. The third-order valence-electron chi connectivity index (χ3n) is 3.46. The summed E-state index contributed by atoms with van der Waals surface area (Å²) in [5, 5.41) is 17.3. The minimum atomic E-state index is -0.235. The molecule has 0 aliphatic rings. The maximum atomic E-state index is 11.8. The van der Waals surface area contributed by atoms with Gasteiger partial charge in [-0.2, -0.15) is 5.26 Å². The number of nitriles is 1. The number of aromatic nitrogens is 1. The minimum Gasteiger partial charge on any atom is -0.375 e. The van der Waals surface area contributed by atoms with Crippen molar-refractivity contribution < 1.29 is 9.53 Å². The van der Waals surface area contributed by atoms with Crippen LogP contribution in [0, 0.1) is 11.3 Å². The molecule has 0 unspecified atom stereocenters. The Labute approximate surface area is 145 Å². The molecule has 2 rings (SSSR count). The summed E-state index contributed by atoms with van der Waals surface area (Å²) in [4.78, 5) is 16.2. The van der Waals surface area contributed by atoms with Crippen LogP contribution in [0.3, 0.4) is 0 Å². The topological polar surface area (TPSA) is 87.0 Å². The summed E-state index contributed by atoms with van der Waals surface area (Å²) < 4.78 is 5.21. The van der Waals surface area contributed by atoms with Crippen molar-refractivity contribution in [1.82, 2.24) is 15.6 Å². The number of nitrogens with zero attached hydrogens (tertiary/aromatic N) is 2. The SMILES string of the molecule is CO[C@H](C)c1nc(CNC(=O)NCCc2cccc(C#N)c2)cs1. The highest BCUT2D eigenvalue weighted by molar-refractivity contribution is 7.09. The summed E-state index contributed by atoms with van der Waals surface area (Å²) in [7, 11) is 1.64. The van der Waals surface area contributed by atoms with Gasteiger partial charge in [-0.15, -0.1) is 11.3 Å². The number of nitrogens with one attached hydrogen (secondary N) is 2. The molecule has 1 atom stereocenters. The van der Waals surface area contributed by atoms with E-state index in [9.17, 15) is 4.79 Å². The summed E-state index contributed by atoms with van der Waals surface area (Å²) >= 11 is 1.52. The van der Waals surface area contributed by atoms with Crippen molar-refractivity contribution in [3.63, 3.8) is 0 Å². The molecule has 126 valence electrons. The molecule has 0 spiro atoms. The Kier molecular flexibility index (Phi) is 6.73. The molecule has 0 fully saturated rings. The predicted octanol–water partition coefficient (Wildman–Crippen LogP) is 2.76. The van der Waals surface area contributed by atoms with Gasteiger partial charge in [0.15, 0.2) is 0 Å². The van der Waals surface area contributed by atoms with E-state index >= 15 is 0 Å². The summed E-state index contributed by atoms with van der Waals surface area (Å²) in [5.41, 5.74) is 2.46. The average Bonchev–Trinajstić information content (AvgIpc) is 3.08. The maximum Gasteiger partial charge on any atom is 0.315 e. The van der Waals surface area contributed by atoms with Gasteiger partial charge in [-0.3, -0.25) is 0 Å². The van der Waals surface area contributed by atoms with E-state index in [2.05, 4.69) is 21.7 Å². The van der Waals surface area contributed by atoms with E-state index in [1.807, 2.05) is 30.5 Å². The number of hydrogen-bond acceptors (Lipinski definition) is 5. The van der Waals surface area contributed by atoms with Crippen LogP contribution in [-0.4, -0.2) is 24.7 Å². The number of benzene rings is 1. The van der Waals surface area contributed by atoms with Crippen LogP contribution in [-0.2, 0) is 17.7 Å². The monoisotopic (exact) mass is 344 g/mol. The molecule has 0 bridgehead atoms. The molecule has 24 heavy (non-hydrogen) atoms. The van der Waals surface area contributed by atoms with E-state index in [4.69, 9.17) is 10.00 Å². The molecule has 2 aromatic rings. The molecule has 1 aromatic heterocycles. The zero-order chi connectivity index (χ0) is 17.4. The second kappa shape index (κ2) is 9.01. The van der Waals surface area contributed by atoms with Crippen molar-refractivity contribution in [2.75, 3.05) is 13.7 Å². The first-order valence-corrected chi connectivity index (χ1v) is 8.48. The third kappa shape index (κ3) is 5.33. The second-order valence-corrected chi connectivity index (χ2v) is 6.12. The van der Waals surface area contributed by atoms with Gasteiger partial charge in [0.2, 0.25) is 0 Å². The molecule has 0 aliphatic carbocycles. The minimum absolute atomic E-state index is 0.0400. The fourth-order valence-electron chi connectivity index (χ4n) is 2.04. The van der Waals surface area contributed by atoms with E-state index in [0.29, 0.717) is 25.1 Å². The summed E-state index contributed by atoms with van der Waals surface area (Å²) in [5.74, 6) is 0. The number of rotatable bonds is 7. The van der Waals surface area contributed by atoms with E-state index in [1.165, 1.54) is 11.3 Å². The van der Waals surface area contributed by atoms with Gasteiger partial charge in [-0.1, -0.05) is 12.1 Å². The first-order valence-electron chi connectivity index (χ1n) is 7.60. The molecule has 1 aromatic carbocycles. The first-order chi connectivity index (χ1) is 11.6. The Morgan fingerprint density at radius 3 is 3.04 bits per heavy atom. The molecular weight excluding hydrogens is 324 g/mol. The number of amides is 2. The van der Waals surface area contributed by atoms with Crippen LogP contribution in [0.15, 0.2) is 29.6 Å². The van der Waals surface area contributed by atoms with Gasteiger partial charge in [-0.25, -0.2) is 9.78 Å². The van der Waals surface area contributed by atoms with Crippen molar-refractivity contribution in [2.24, 2.45) is 0 Å². The van der Waals surface area contributed by atoms with Crippen LogP contribution in [0.2, 0.25) is 0 Å². The Balaban J connectivity index is 1.71. The predicted molar refractivity (Wildman–Crippen MR) is 92.6 cm³/mol. The molecule has 0 radical (unpaired) electrons. The Bertz CT molecular complexity index is 723. The molecule has 2 amide bonds. The Hall–Kier alpha value is -2.43. The van der Waals surface area contributed by atoms with E-state index in [1.54, 1.807) is 13.2 Å². The number of hydrogen-bond donors (Lipinski definition) is 2. The third-order valence-corrected chi connectivity index (χ3v) is 4.51. The largest absolute Gasteiger partial charge is 0.375 e. The van der Waals surface area contributed by atoms with Gasteiger partial charge in [0.25, 0.3) is 0 Å². The fraction of sp³-hybridized carbons (Fsp3) is 0.353. The molecule has 0 aliphatic heterocycles.